The van der Waals surface area contributed by atoms with Gasteiger partial charge in [0.1, 0.15) is 17.8 Å². The van der Waals surface area contributed by atoms with Crippen LogP contribution in [0.3, 0.4) is 0 Å². The van der Waals surface area contributed by atoms with Crippen molar-refractivity contribution in [2.45, 2.75) is 33.7 Å². The summed E-state index contributed by atoms with van der Waals surface area (Å²) in [6.07, 6.45) is 1.90. The smallest absolute Gasteiger partial charge is 0.127 e. The predicted octanol–water partition coefficient (Wildman–Crippen LogP) is 3.92. The zero-order valence-electron chi connectivity index (χ0n) is 15.3. The number of anilines is 1. The summed E-state index contributed by atoms with van der Waals surface area (Å²) < 4.78 is 1.27. The fourth-order valence-electron chi connectivity index (χ4n) is 2.80. The van der Waals surface area contributed by atoms with Crippen LogP contribution in [-0.4, -0.2) is 24.9 Å². The van der Waals surface area contributed by atoms with Gasteiger partial charge in [-0.15, -0.1) is 22.7 Å². The highest BCUT2D eigenvalue weighted by molar-refractivity contribution is 7.22. The van der Waals surface area contributed by atoms with Crippen LogP contribution in [0.1, 0.15) is 31.2 Å². The Morgan fingerprint density at radius 2 is 1.96 bits per heavy atom. The van der Waals surface area contributed by atoms with Crippen LogP contribution in [0.5, 0.6) is 0 Å². The third-order valence-corrected chi connectivity index (χ3v) is 6.08. The van der Waals surface area contributed by atoms with Crippen molar-refractivity contribution >= 4 is 44.2 Å². The van der Waals surface area contributed by atoms with Gasteiger partial charge in [-0.05, 0) is 24.6 Å². The Hall–Kier alpha value is -1.76. The van der Waals surface area contributed by atoms with E-state index in [0.717, 1.165) is 29.8 Å². The zero-order valence-corrected chi connectivity index (χ0v) is 16.9. The molecule has 0 bridgehead atoms. The number of aldehydes is 1. The SMILES string of the molecule is CC.CC=O.CNc1sc2c(c1-c1nc3ccccc3s1)CC[NH2+]C2. The van der Waals surface area contributed by atoms with Crippen LogP contribution in [0.2, 0.25) is 0 Å². The quantitative estimate of drug-likeness (QED) is 0.667. The summed E-state index contributed by atoms with van der Waals surface area (Å²) in [5.74, 6) is 0. The number of fused-ring (bicyclic) bond motifs is 2. The van der Waals surface area contributed by atoms with Crippen LogP contribution in [0.15, 0.2) is 24.3 Å². The van der Waals surface area contributed by atoms with Gasteiger partial charge in [0.05, 0.1) is 26.6 Å². The summed E-state index contributed by atoms with van der Waals surface area (Å²) in [6, 6.07) is 8.40. The van der Waals surface area contributed by atoms with Gasteiger partial charge in [0, 0.05) is 19.0 Å². The molecule has 134 valence electrons. The van der Waals surface area contributed by atoms with Crippen molar-refractivity contribution in [2.24, 2.45) is 0 Å². The molecule has 3 heterocycles. The third-order valence-electron chi connectivity index (χ3n) is 3.75. The first-order valence-electron chi connectivity index (χ1n) is 8.68. The fraction of sp³-hybridized carbons (Fsp3) is 0.368. The molecule has 0 unspecified atom stereocenters. The molecule has 4 rings (SSSR count). The number of hydrogen-bond acceptors (Lipinski definition) is 5. The second kappa shape index (κ2) is 9.65. The lowest BCUT2D eigenvalue weighted by Gasteiger charge is -2.10. The van der Waals surface area contributed by atoms with Crippen molar-refractivity contribution in [1.29, 1.82) is 0 Å². The summed E-state index contributed by atoms with van der Waals surface area (Å²) in [5.41, 5.74) is 3.97. The fourth-order valence-corrected chi connectivity index (χ4v) is 5.11. The lowest BCUT2D eigenvalue weighted by molar-refractivity contribution is -0.672. The van der Waals surface area contributed by atoms with Crippen LogP contribution >= 0.6 is 22.7 Å². The van der Waals surface area contributed by atoms with Crippen LogP contribution in [0.25, 0.3) is 20.8 Å². The van der Waals surface area contributed by atoms with E-state index in [2.05, 4.69) is 34.9 Å². The molecule has 3 aromatic rings. The van der Waals surface area contributed by atoms with Gasteiger partial charge < -0.3 is 15.4 Å². The number of quaternary nitrogens is 1. The normalized spacial score (nSPS) is 12.3. The van der Waals surface area contributed by atoms with Gasteiger partial charge in [0.2, 0.25) is 0 Å². The molecule has 1 aromatic carbocycles. The highest BCUT2D eigenvalue weighted by Crippen LogP contribution is 2.43. The molecule has 1 aliphatic rings. The summed E-state index contributed by atoms with van der Waals surface area (Å²) >= 11 is 3.69. The Kier molecular flexibility index (Phi) is 7.55. The number of carbonyl (C=O) groups is 1. The molecule has 3 N–H and O–H groups in total. The molecule has 0 aliphatic carbocycles. The summed E-state index contributed by atoms with van der Waals surface area (Å²) in [5, 5.41) is 8.19. The van der Waals surface area contributed by atoms with Gasteiger partial charge in [0.25, 0.3) is 0 Å². The molecule has 0 radical (unpaired) electrons. The molecule has 0 spiro atoms. The summed E-state index contributed by atoms with van der Waals surface area (Å²) in [6.45, 7) is 7.74. The number of carbonyl (C=O) groups excluding carboxylic acids is 1. The zero-order chi connectivity index (χ0) is 18.2. The molecule has 0 atom stereocenters. The number of aromatic nitrogens is 1. The number of nitrogens with zero attached hydrogens (tertiary/aromatic N) is 1. The van der Waals surface area contributed by atoms with E-state index in [9.17, 15) is 0 Å². The Balaban J connectivity index is 0.000000410. The van der Waals surface area contributed by atoms with Crippen molar-refractivity contribution < 1.29 is 10.1 Å². The molecule has 25 heavy (non-hydrogen) atoms. The number of para-hydroxylation sites is 1. The minimum atomic E-state index is 0.750. The van der Waals surface area contributed by atoms with Crippen molar-refractivity contribution in [3.63, 3.8) is 0 Å². The van der Waals surface area contributed by atoms with Crippen molar-refractivity contribution in [3.05, 3.63) is 34.7 Å². The van der Waals surface area contributed by atoms with Crippen LogP contribution < -0.4 is 10.6 Å². The second-order valence-electron chi connectivity index (χ2n) is 5.21. The minimum Gasteiger partial charge on any atom is -0.379 e. The number of thiophene rings is 1. The topological polar surface area (TPSA) is 58.6 Å². The maximum absolute atomic E-state index is 8.81. The number of thiazole rings is 1. The van der Waals surface area contributed by atoms with Crippen molar-refractivity contribution in [2.75, 3.05) is 18.9 Å². The molecule has 0 saturated heterocycles. The molecule has 0 fully saturated rings. The third kappa shape index (κ3) is 4.26. The highest BCUT2D eigenvalue weighted by atomic mass is 32.1. The first kappa shape index (κ1) is 19.6. The number of benzene rings is 1. The number of hydrogen-bond donors (Lipinski definition) is 2. The predicted molar refractivity (Wildman–Crippen MR) is 110 cm³/mol. The first-order valence-corrected chi connectivity index (χ1v) is 10.3. The van der Waals surface area contributed by atoms with Crippen LogP contribution in [0.4, 0.5) is 5.00 Å². The van der Waals surface area contributed by atoms with Gasteiger partial charge in [-0.25, -0.2) is 4.98 Å². The summed E-state index contributed by atoms with van der Waals surface area (Å²) in [7, 11) is 2.01. The van der Waals surface area contributed by atoms with E-state index in [1.165, 1.54) is 39.2 Å². The lowest BCUT2D eigenvalue weighted by atomic mass is 10.0. The molecule has 2 aromatic heterocycles. The van der Waals surface area contributed by atoms with Crippen molar-refractivity contribution in [1.82, 2.24) is 4.98 Å². The Labute approximate surface area is 157 Å². The highest BCUT2D eigenvalue weighted by Gasteiger charge is 2.24. The largest absolute Gasteiger partial charge is 0.379 e. The standard InChI is InChI=1S/C15H15N3S2.C2H4O.C2H6/c1-16-14-13(9-6-7-17-8-12(9)20-14)15-18-10-4-2-3-5-11(10)19-15;1-2-3;1-2/h2-5,16-17H,6-8H2,1H3;2H,1H3;1-2H3/p+1. The Bertz CT molecular complexity index is 790. The van der Waals surface area contributed by atoms with Gasteiger partial charge in [-0.3, -0.25) is 0 Å². The van der Waals surface area contributed by atoms with Gasteiger partial charge in [0.15, 0.2) is 0 Å². The average molecular weight is 377 g/mol. The minimum absolute atomic E-state index is 0.750. The van der Waals surface area contributed by atoms with E-state index < -0.39 is 0 Å². The molecule has 6 heteroatoms. The molecule has 1 aliphatic heterocycles. The Morgan fingerprint density at radius 1 is 1.24 bits per heavy atom. The number of nitrogens with two attached hydrogens (primary N) is 1. The van der Waals surface area contributed by atoms with E-state index in [-0.39, 0.29) is 0 Å². The van der Waals surface area contributed by atoms with Gasteiger partial charge in [-0.1, -0.05) is 26.0 Å². The van der Waals surface area contributed by atoms with E-state index >= 15 is 0 Å². The first-order chi connectivity index (χ1) is 12.3. The van der Waals surface area contributed by atoms with Crippen LogP contribution in [0, 0.1) is 0 Å². The number of nitrogens with one attached hydrogen (secondary N) is 1. The van der Waals surface area contributed by atoms with Gasteiger partial charge in [-0.2, -0.15) is 0 Å². The molecular formula is C19H26N3OS2+. The number of rotatable bonds is 2. The van der Waals surface area contributed by atoms with E-state index in [1.807, 2.05) is 32.2 Å². The van der Waals surface area contributed by atoms with Crippen molar-refractivity contribution in [3.8, 4) is 10.6 Å². The lowest BCUT2D eigenvalue weighted by Crippen LogP contribution is -2.84. The van der Waals surface area contributed by atoms with Crippen LogP contribution in [-0.2, 0) is 17.8 Å². The average Bonchev–Trinajstić information content (AvgIpc) is 3.24. The second-order valence-corrected chi connectivity index (χ2v) is 7.35. The monoisotopic (exact) mass is 376 g/mol. The van der Waals surface area contributed by atoms with E-state index in [4.69, 9.17) is 9.78 Å². The molecular weight excluding hydrogens is 350 g/mol. The summed E-state index contributed by atoms with van der Waals surface area (Å²) in [4.78, 5) is 15.2. The maximum atomic E-state index is 8.81. The molecule has 0 amide bonds. The van der Waals surface area contributed by atoms with Gasteiger partial charge >= 0.3 is 0 Å². The molecule has 4 nitrogen and oxygen atoms in total. The van der Waals surface area contributed by atoms with E-state index in [0.29, 0.717) is 0 Å². The maximum Gasteiger partial charge on any atom is 0.127 e. The Morgan fingerprint density at radius 3 is 2.64 bits per heavy atom. The molecule has 0 saturated carbocycles. The van der Waals surface area contributed by atoms with E-state index in [1.54, 1.807) is 11.3 Å².